The second-order valence-corrected chi connectivity index (χ2v) is 10.7. The number of thiophene rings is 1. The number of carbonyl (C=O) groups is 2. The molecule has 194 valence electrons. The molecule has 0 unspecified atom stereocenters. The van der Waals surface area contributed by atoms with E-state index in [9.17, 15) is 9.59 Å². The van der Waals surface area contributed by atoms with Crippen LogP contribution >= 0.6 is 46.1 Å². The summed E-state index contributed by atoms with van der Waals surface area (Å²) >= 11 is 20.4. The molecule has 0 bridgehead atoms. The summed E-state index contributed by atoms with van der Waals surface area (Å²) in [5.74, 6) is 0.789. The van der Waals surface area contributed by atoms with Crippen molar-refractivity contribution < 1.29 is 14.0 Å². The van der Waals surface area contributed by atoms with Crippen LogP contribution in [0, 0.1) is 0 Å². The number of amides is 2. The van der Waals surface area contributed by atoms with Gasteiger partial charge in [0.1, 0.15) is 11.5 Å². The summed E-state index contributed by atoms with van der Waals surface area (Å²) in [7, 11) is 0. The van der Waals surface area contributed by atoms with Gasteiger partial charge in [0, 0.05) is 43.5 Å². The number of nitrogens with zero attached hydrogens (tertiary/aromatic N) is 2. The van der Waals surface area contributed by atoms with E-state index in [0.29, 0.717) is 64.0 Å². The number of hydrogen-bond donors (Lipinski definition) is 1. The maximum Gasteiger partial charge on any atom is 0.264 e. The second kappa shape index (κ2) is 11.7. The Morgan fingerprint density at radius 2 is 1.74 bits per heavy atom. The largest absolute Gasteiger partial charge is 0.457 e. The summed E-state index contributed by atoms with van der Waals surface area (Å²) in [6, 6.07) is 18.0. The van der Waals surface area contributed by atoms with Gasteiger partial charge in [0.15, 0.2) is 0 Å². The molecule has 1 fully saturated rings. The first-order valence-corrected chi connectivity index (χ1v) is 13.8. The highest BCUT2D eigenvalue weighted by Crippen LogP contribution is 2.34. The molecule has 6 nitrogen and oxygen atoms in total. The minimum Gasteiger partial charge on any atom is -0.457 e. The Morgan fingerprint density at radius 1 is 0.921 bits per heavy atom. The van der Waals surface area contributed by atoms with Crippen LogP contribution in [0.4, 0.5) is 11.4 Å². The highest BCUT2D eigenvalue weighted by atomic mass is 35.5. The molecule has 5 rings (SSSR count). The van der Waals surface area contributed by atoms with Gasteiger partial charge in [-0.2, -0.15) is 0 Å². The van der Waals surface area contributed by atoms with E-state index in [0.717, 1.165) is 10.6 Å². The van der Waals surface area contributed by atoms with Crippen molar-refractivity contribution in [3.8, 4) is 11.3 Å². The molecule has 0 saturated carbocycles. The molecule has 1 N–H and O–H groups in total. The lowest BCUT2D eigenvalue weighted by Gasteiger charge is -2.36. The minimum atomic E-state index is -0.326. The highest BCUT2D eigenvalue weighted by molar-refractivity contribution is 7.12. The number of piperazine rings is 1. The van der Waals surface area contributed by atoms with Gasteiger partial charge in [-0.1, -0.05) is 46.9 Å². The lowest BCUT2D eigenvalue weighted by Crippen LogP contribution is -2.48. The SMILES string of the molecule is O=C(/C=C/c1ccc(-c2cccc(Cl)c2Cl)o1)Nc1ccc(N2CCN(C(=O)c3cccs3)CC2)c(Cl)c1. The smallest absolute Gasteiger partial charge is 0.264 e. The monoisotopic (exact) mass is 585 g/mol. The molecule has 2 amide bonds. The van der Waals surface area contributed by atoms with E-state index in [-0.39, 0.29) is 11.8 Å². The molecule has 1 aliphatic heterocycles. The first-order valence-electron chi connectivity index (χ1n) is 11.8. The van der Waals surface area contributed by atoms with Gasteiger partial charge in [-0.3, -0.25) is 9.59 Å². The third-order valence-corrected chi connectivity index (χ3v) is 8.08. The number of nitrogens with one attached hydrogen (secondary N) is 1. The molecule has 0 radical (unpaired) electrons. The van der Waals surface area contributed by atoms with Crippen LogP contribution in [-0.4, -0.2) is 42.9 Å². The molecule has 2 aromatic carbocycles. The van der Waals surface area contributed by atoms with Crippen LogP contribution in [0.15, 0.2) is 76.5 Å². The molecular weight excluding hydrogens is 565 g/mol. The van der Waals surface area contributed by atoms with E-state index in [1.165, 1.54) is 17.4 Å². The lowest BCUT2D eigenvalue weighted by molar-refractivity contribution is -0.111. The summed E-state index contributed by atoms with van der Waals surface area (Å²) in [4.78, 5) is 29.8. The van der Waals surface area contributed by atoms with E-state index >= 15 is 0 Å². The molecule has 2 aromatic heterocycles. The van der Waals surface area contributed by atoms with Gasteiger partial charge < -0.3 is 19.5 Å². The Labute approximate surface area is 239 Å². The maximum atomic E-state index is 12.6. The predicted molar refractivity (Wildman–Crippen MR) is 156 cm³/mol. The number of benzene rings is 2. The van der Waals surface area contributed by atoms with Crippen LogP contribution in [0.3, 0.4) is 0 Å². The maximum absolute atomic E-state index is 12.6. The van der Waals surface area contributed by atoms with Crippen molar-refractivity contribution in [2.45, 2.75) is 0 Å². The molecule has 0 atom stereocenters. The molecule has 1 saturated heterocycles. The predicted octanol–water partition coefficient (Wildman–Crippen LogP) is 7.58. The third-order valence-electron chi connectivity index (χ3n) is 6.10. The molecule has 0 aliphatic carbocycles. The minimum absolute atomic E-state index is 0.0656. The molecule has 4 aromatic rings. The number of anilines is 2. The standard InChI is InChI=1S/C28H22Cl3N3O3S/c29-21-4-1-3-20(27(21)31)24-10-7-19(37-24)8-11-26(35)32-18-6-9-23(22(30)17-18)33-12-14-34(15-13-33)28(36)25-5-2-16-38-25/h1-11,16-17H,12-15H2,(H,32,35)/b11-8+. The fourth-order valence-electron chi connectivity index (χ4n) is 4.17. The van der Waals surface area contributed by atoms with Crippen molar-refractivity contribution >= 4 is 75.4 Å². The normalized spacial score (nSPS) is 13.8. The van der Waals surface area contributed by atoms with Gasteiger partial charge in [-0.15, -0.1) is 11.3 Å². The van der Waals surface area contributed by atoms with Crippen LogP contribution in [0.2, 0.25) is 15.1 Å². The van der Waals surface area contributed by atoms with Crippen molar-refractivity contribution in [3.05, 3.63) is 97.8 Å². The Bertz CT molecular complexity index is 1490. The van der Waals surface area contributed by atoms with E-state index in [1.807, 2.05) is 40.6 Å². The van der Waals surface area contributed by atoms with E-state index < -0.39 is 0 Å². The van der Waals surface area contributed by atoms with Gasteiger partial charge in [0.2, 0.25) is 5.91 Å². The zero-order valence-corrected chi connectivity index (χ0v) is 23.1. The summed E-state index contributed by atoms with van der Waals surface area (Å²) in [5, 5.41) is 6.10. The fraction of sp³-hybridized carbons (Fsp3) is 0.143. The average Bonchev–Trinajstić information content (AvgIpc) is 3.62. The first kappa shape index (κ1) is 26.4. The van der Waals surface area contributed by atoms with Crippen molar-refractivity contribution in [3.63, 3.8) is 0 Å². The Kier molecular flexibility index (Phi) is 8.09. The van der Waals surface area contributed by atoms with Crippen LogP contribution in [-0.2, 0) is 4.79 Å². The van der Waals surface area contributed by atoms with E-state index in [4.69, 9.17) is 39.2 Å². The van der Waals surface area contributed by atoms with Gasteiger partial charge in [0.25, 0.3) is 5.91 Å². The second-order valence-electron chi connectivity index (χ2n) is 8.55. The molecule has 10 heteroatoms. The van der Waals surface area contributed by atoms with Crippen LogP contribution in [0.5, 0.6) is 0 Å². The summed E-state index contributed by atoms with van der Waals surface area (Å²) in [5.41, 5.74) is 2.12. The molecular formula is C28H22Cl3N3O3S. The first-order chi connectivity index (χ1) is 18.4. The third kappa shape index (κ3) is 5.92. The number of furan rings is 1. The zero-order chi connectivity index (χ0) is 26.6. The van der Waals surface area contributed by atoms with Crippen LogP contribution < -0.4 is 10.2 Å². The topological polar surface area (TPSA) is 65.8 Å². The van der Waals surface area contributed by atoms with Crippen molar-refractivity contribution in [1.82, 2.24) is 4.90 Å². The quantitative estimate of drug-likeness (QED) is 0.237. The molecule has 0 spiro atoms. The van der Waals surface area contributed by atoms with Crippen LogP contribution in [0.1, 0.15) is 15.4 Å². The molecule has 1 aliphatic rings. The van der Waals surface area contributed by atoms with Gasteiger partial charge in [-0.05, 0) is 60.0 Å². The lowest BCUT2D eigenvalue weighted by atomic mass is 10.2. The van der Waals surface area contributed by atoms with Crippen molar-refractivity contribution in [2.24, 2.45) is 0 Å². The Morgan fingerprint density at radius 3 is 2.47 bits per heavy atom. The van der Waals surface area contributed by atoms with Crippen molar-refractivity contribution in [1.29, 1.82) is 0 Å². The molecule has 3 heterocycles. The summed E-state index contributed by atoms with van der Waals surface area (Å²) < 4.78 is 5.79. The zero-order valence-electron chi connectivity index (χ0n) is 20.0. The highest BCUT2D eigenvalue weighted by Gasteiger charge is 2.24. The number of halogens is 3. The summed E-state index contributed by atoms with van der Waals surface area (Å²) in [6.07, 6.45) is 2.96. The van der Waals surface area contributed by atoms with Gasteiger partial charge >= 0.3 is 0 Å². The number of rotatable bonds is 6. The number of hydrogen-bond acceptors (Lipinski definition) is 5. The van der Waals surface area contributed by atoms with E-state index in [1.54, 1.807) is 36.4 Å². The number of carbonyl (C=O) groups excluding carboxylic acids is 2. The van der Waals surface area contributed by atoms with Crippen molar-refractivity contribution in [2.75, 3.05) is 36.4 Å². The van der Waals surface area contributed by atoms with Gasteiger partial charge in [-0.25, -0.2) is 0 Å². The van der Waals surface area contributed by atoms with E-state index in [2.05, 4.69) is 10.2 Å². The fourth-order valence-corrected chi connectivity index (χ4v) is 5.56. The molecule has 38 heavy (non-hydrogen) atoms. The van der Waals surface area contributed by atoms with Crippen LogP contribution in [0.25, 0.3) is 17.4 Å². The summed E-state index contributed by atoms with van der Waals surface area (Å²) in [6.45, 7) is 2.59. The van der Waals surface area contributed by atoms with Gasteiger partial charge in [0.05, 0.1) is 25.6 Å². The Hall–Kier alpha value is -3.23. The average molecular weight is 587 g/mol. The Balaban J connectivity index is 1.17.